The number of benzene rings is 1. The minimum absolute atomic E-state index is 0.0806. The molecule has 1 saturated heterocycles. The number of anilines is 2. The molecule has 0 bridgehead atoms. The van der Waals surface area contributed by atoms with E-state index in [0.717, 1.165) is 11.3 Å². The second kappa shape index (κ2) is 9.56. The van der Waals surface area contributed by atoms with Gasteiger partial charge in [-0.05, 0) is 31.2 Å². The number of hydrogen-bond donors (Lipinski definition) is 3. The summed E-state index contributed by atoms with van der Waals surface area (Å²) in [6.07, 6.45) is 4.63. The molecule has 0 aliphatic carbocycles. The summed E-state index contributed by atoms with van der Waals surface area (Å²) in [7, 11) is 0. The van der Waals surface area contributed by atoms with Crippen LogP contribution in [0.3, 0.4) is 0 Å². The van der Waals surface area contributed by atoms with Crippen LogP contribution in [0.25, 0.3) is 11.3 Å². The molecule has 2 aromatic rings. The number of oxazole rings is 1. The molecule has 0 radical (unpaired) electrons. The Balaban J connectivity index is 1.61. The zero-order valence-electron chi connectivity index (χ0n) is 15.7. The van der Waals surface area contributed by atoms with Gasteiger partial charge < -0.3 is 25.5 Å². The number of ether oxygens (including phenoxy) is 1. The van der Waals surface area contributed by atoms with Crippen molar-refractivity contribution in [2.75, 3.05) is 43.1 Å². The summed E-state index contributed by atoms with van der Waals surface area (Å²) in [5.41, 5.74) is 7.88. The van der Waals surface area contributed by atoms with Gasteiger partial charge in [0.2, 0.25) is 0 Å². The van der Waals surface area contributed by atoms with Gasteiger partial charge >= 0.3 is 6.03 Å². The van der Waals surface area contributed by atoms with Crippen LogP contribution >= 0.6 is 0 Å². The van der Waals surface area contributed by atoms with Crippen LogP contribution in [0.1, 0.15) is 6.92 Å². The van der Waals surface area contributed by atoms with Gasteiger partial charge in [-0.2, -0.15) is 0 Å². The van der Waals surface area contributed by atoms with E-state index in [-0.39, 0.29) is 6.03 Å². The highest BCUT2D eigenvalue weighted by atomic mass is 16.5. The molecule has 0 spiro atoms. The molecule has 1 aromatic heterocycles. The van der Waals surface area contributed by atoms with Crippen LogP contribution in [-0.2, 0) is 4.74 Å². The monoisotopic (exact) mass is 384 g/mol. The normalized spacial score (nSPS) is 14.7. The third kappa shape index (κ3) is 4.89. The number of nitrogens with zero attached hydrogens (tertiary/aromatic N) is 3. The summed E-state index contributed by atoms with van der Waals surface area (Å²) in [4.78, 5) is 21.9. The fourth-order valence-corrected chi connectivity index (χ4v) is 2.65. The lowest BCUT2D eigenvalue weighted by Crippen LogP contribution is -2.27. The second-order valence-electron chi connectivity index (χ2n) is 5.94. The quantitative estimate of drug-likeness (QED) is 0.450. The number of nitrogens with two attached hydrogens (primary N) is 1. The SMILES string of the molecule is CCOCCN=CC(=CN)Nc1ncc(-c2ccc(N3CCNC3=O)cc2)o1. The Labute approximate surface area is 163 Å². The van der Waals surface area contributed by atoms with Crippen molar-refractivity contribution in [3.63, 3.8) is 0 Å². The Morgan fingerprint density at radius 2 is 2.29 bits per heavy atom. The summed E-state index contributed by atoms with van der Waals surface area (Å²) < 4.78 is 11.0. The van der Waals surface area contributed by atoms with E-state index >= 15 is 0 Å². The van der Waals surface area contributed by atoms with E-state index in [4.69, 9.17) is 14.9 Å². The number of carbonyl (C=O) groups is 1. The Hall–Kier alpha value is -3.33. The lowest BCUT2D eigenvalue weighted by molar-refractivity contribution is 0.156. The first kappa shape index (κ1) is 19.4. The van der Waals surface area contributed by atoms with Crippen LogP contribution < -0.4 is 21.3 Å². The summed E-state index contributed by atoms with van der Waals surface area (Å²) in [5.74, 6) is 0.601. The molecular weight excluding hydrogens is 360 g/mol. The molecule has 0 unspecified atom stereocenters. The van der Waals surface area contributed by atoms with Gasteiger partial charge in [0.1, 0.15) is 0 Å². The molecule has 2 amide bonds. The van der Waals surface area contributed by atoms with E-state index in [2.05, 4.69) is 20.6 Å². The first-order chi connectivity index (χ1) is 13.7. The van der Waals surface area contributed by atoms with Crippen molar-refractivity contribution in [2.45, 2.75) is 6.92 Å². The van der Waals surface area contributed by atoms with Crippen LogP contribution in [0.2, 0.25) is 0 Å². The van der Waals surface area contributed by atoms with Gasteiger partial charge in [-0.25, -0.2) is 9.78 Å². The van der Waals surface area contributed by atoms with Crippen molar-refractivity contribution in [3.8, 4) is 11.3 Å². The Kier molecular flexibility index (Phi) is 6.64. The van der Waals surface area contributed by atoms with Crippen LogP contribution in [0, 0.1) is 0 Å². The molecule has 4 N–H and O–H groups in total. The van der Waals surface area contributed by atoms with E-state index < -0.39 is 0 Å². The summed E-state index contributed by atoms with van der Waals surface area (Å²) in [6, 6.07) is 7.77. The van der Waals surface area contributed by atoms with E-state index in [0.29, 0.717) is 50.3 Å². The topological polar surface area (TPSA) is 118 Å². The lowest BCUT2D eigenvalue weighted by Gasteiger charge is -2.14. The number of aliphatic imine (C=N–C) groups is 1. The van der Waals surface area contributed by atoms with E-state index in [1.54, 1.807) is 17.3 Å². The Bertz CT molecular complexity index is 844. The third-order valence-electron chi connectivity index (χ3n) is 4.06. The van der Waals surface area contributed by atoms with Crippen molar-refractivity contribution >= 4 is 23.9 Å². The molecule has 0 saturated carbocycles. The van der Waals surface area contributed by atoms with Crippen LogP contribution in [0.15, 0.2) is 51.8 Å². The van der Waals surface area contributed by atoms with Gasteiger partial charge in [-0.3, -0.25) is 9.89 Å². The minimum atomic E-state index is -0.0806. The maximum absolute atomic E-state index is 11.7. The molecule has 3 rings (SSSR count). The predicted octanol–water partition coefficient (Wildman–Crippen LogP) is 2.19. The average Bonchev–Trinajstić information content (AvgIpc) is 3.36. The molecule has 9 nitrogen and oxygen atoms in total. The molecule has 1 aliphatic heterocycles. The molecule has 9 heteroatoms. The number of allylic oxidation sites excluding steroid dienone is 1. The van der Waals surface area contributed by atoms with E-state index in [9.17, 15) is 4.79 Å². The Morgan fingerprint density at radius 1 is 1.46 bits per heavy atom. The van der Waals surface area contributed by atoms with E-state index in [1.165, 1.54) is 6.20 Å². The molecule has 28 heavy (non-hydrogen) atoms. The number of hydrogen-bond acceptors (Lipinski definition) is 7. The molecule has 2 heterocycles. The fraction of sp³-hybridized carbons (Fsp3) is 0.316. The second-order valence-corrected chi connectivity index (χ2v) is 5.94. The van der Waals surface area contributed by atoms with Gasteiger partial charge in [-0.15, -0.1) is 0 Å². The van der Waals surface area contributed by atoms with E-state index in [1.807, 2.05) is 31.2 Å². The van der Waals surface area contributed by atoms with Crippen LogP contribution in [-0.4, -0.2) is 50.1 Å². The summed E-state index contributed by atoms with van der Waals surface area (Å²) in [6.45, 7) is 5.03. The number of aromatic nitrogens is 1. The minimum Gasteiger partial charge on any atom is -0.423 e. The van der Waals surface area contributed by atoms with Crippen molar-refractivity contribution in [2.24, 2.45) is 10.7 Å². The molecular formula is C19H24N6O3. The van der Waals surface area contributed by atoms with Crippen molar-refractivity contribution in [1.29, 1.82) is 0 Å². The Morgan fingerprint density at radius 3 is 2.96 bits per heavy atom. The number of urea groups is 1. The van der Waals surface area contributed by atoms with Gasteiger partial charge in [0.05, 0.1) is 25.0 Å². The first-order valence-corrected chi connectivity index (χ1v) is 9.09. The molecule has 148 valence electrons. The third-order valence-corrected chi connectivity index (χ3v) is 4.06. The van der Waals surface area contributed by atoms with Gasteiger partial charge in [-0.1, -0.05) is 0 Å². The van der Waals surface area contributed by atoms with Gasteiger partial charge in [0.25, 0.3) is 6.01 Å². The smallest absolute Gasteiger partial charge is 0.321 e. The molecule has 0 atom stereocenters. The lowest BCUT2D eigenvalue weighted by atomic mass is 10.1. The molecule has 1 fully saturated rings. The van der Waals surface area contributed by atoms with Gasteiger partial charge in [0.15, 0.2) is 5.76 Å². The molecule has 1 aliphatic rings. The highest BCUT2D eigenvalue weighted by molar-refractivity contribution is 5.94. The maximum atomic E-state index is 11.7. The number of nitrogens with one attached hydrogen (secondary N) is 2. The highest BCUT2D eigenvalue weighted by Crippen LogP contribution is 2.26. The van der Waals surface area contributed by atoms with Crippen molar-refractivity contribution in [1.82, 2.24) is 10.3 Å². The van der Waals surface area contributed by atoms with Crippen LogP contribution in [0.4, 0.5) is 16.5 Å². The zero-order chi connectivity index (χ0) is 19.8. The maximum Gasteiger partial charge on any atom is 0.321 e. The fourth-order valence-electron chi connectivity index (χ4n) is 2.65. The number of carbonyl (C=O) groups excluding carboxylic acids is 1. The first-order valence-electron chi connectivity index (χ1n) is 9.09. The summed E-state index contributed by atoms with van der Waals surface area (Å²) in [5, 5.41) is 5.76. The number of rotatable bonds is 9. The summed E-state index contributed by atoms with van der Waals surface area (Å²) >= 11 is 0. The van der Waals surface area contributed by atoms with Crippen LogP contribution in [0.5, 0.6) is 0 Å². The number of amides is 2. The average molecular weight is 384 g/mol. The van der Waals surface area contributed by atoms with Crippen molar-refractivity contribution < 1.29 is 13.9 Å². The molecule has 1 aromatic carbocycles. The zero-order valence-corrected chi connectivity index (χ0v) is 15.7. The van der Waals surface area contributed by atoms with Gasteiger partial charge in [0, 0.05) is 43.4 Å². The standard InChI is InChI=1S/C19H24N6O3/c1-2-27-10-8-21-12-15(11-20)24-18-23-13-17(28-18)14-3-5-16(6-4-14)25-9-7-22-19(25)26/h3-6,11-13H,2,7-10,20H2,1H3,(H,22,26)(H,23,24). The largest absolute Gasteiger partial charge is 0.423 e. The van der Waals surface area contributed by atoms with Crippen molar-refractivity contribution in [3.05, 3.63) is 42.4 Å². The predicted molar refractivity (Wildman–Crippen MR) is 108 cm³/mol. The highest BCUT2D eigenvalue weighted by Gasteiger charge is 2.21.